The van der Waals surface area contributed by atoms with Crippen LogP contribution in [0.4, 0.5) is 5.69 Å². The lowest BCUT2D eigenvalue weighted by Gasteiger charge is -2.07. The minimum Gasteiger partial charge on any atom is -0.463 e. The molecule has 3 rings (SSSR count). The number of rotatable bonds is 8. The first-order valence-electron chi connectivity index (χ1n) is 8.97. The number of nitrogens with one attached hydrogen (secondary N) is 2. The lowest BCUT2D eigenvalue weighted by atomic mass is 10.1. The fraction of sp³-hybridized carbons (Fsp3) is 0.143. The van der Waals surface area contributed by atoms with Crippen molar-refractivity contribution in [3.05, 3.63) is 77.6 Å². The quantitative estimate of drug-likeness (QED) is 0.333. The normalized spacial score (nSPS) is 10.8. The molecule has 0 saturated carbocycles. The smallest absolute Gasteiger partial charge is 0.330 e. The number of hydrogen-bond donors (Lipinski definition) is 2. The second-order valence-corrected chi connectivity index (χ2v) is 6.90. The summed E-state index contributed by atoms with van der Waals surface area (Å²) in [7, 11) is 0. The zero-order chi connectivity index (χ0) is 20.5. The molecule has 0 unspecified atom stereocenters. The molecule has 0 saturated heterocycles. The van der Waals surface area contributed by atoms with Gasteiger partial charge in [-0.2, -0.15) is 5.10 Å². The van der Waals surface area contributed by atoms with Crippen LogP contribution in [-0.2, 0) is 15.3 Å². The SMILES string of the molecule is CCOC(=O)/C=C/c1ccc(NC(=O)c2ccc(CSc3ncn[nH]3)cc2)cc1. The maximum absolute atomic E-state index is 12.4. The summed E-state index contributed by atoms with van der Waals surface area (Å²) in [5.41, 5.74) is 3.17. The zero-order valence-corrected chi connectivity index (χ0v) is 16.6. The molecule has 1 amide bonds. The molecular formula is C21H20N4O3S. The van der Waals surface area contributed by atoms with Crippen LogP contribution >= 0.6 is 11.8 Å². The number of carbonyl (C=O) groups excluding carboxylic acids is 2. The summed E-state index contributed by atoms with van der Waals surface area (Å²) in [6, 6.07) is 14.6. The Kier molecular flexibility index (Phi) is 7.18. The van der Waals surface area contributed by atoms with Crippen LogP contribution in [0.15, 0.2) is 66.1 Å². The Balaban J connectivity index is 1.53. The summed E-state index contributed by atoms with van der Waals surface area (Å²) in [5.74, 6) is 0.166. The van der Waals surface area contributed by atoms with Gasteiger partial charge >= 0.3 is 5.97 Å². The molecule has 0 bridgehead atoms. The monoisotopic (exact) mass is 408 g/mol. The van der Waals surface area contributed by atoms with Crippen molar-refractivity contribution < 1.29 is 14.3 Å². The molecule has 0 spiro atoms. The summed E-state index contributed by atoms with van der Waals surface area (Å²) in [5, 5.41) is 10.2. The third-order valence-corrected chi connectivity index (χ3v) is 4.80. The predicted octanol–water partition coefficient (Wildman–Crippen LogP) is 3.93. The van der Waals surface area contributed by atoms with Crippen LogP contribution in [0.1, 0.15) is 28.4 Å². The van der Waals surface area contributed by atoms with E-state index in [0.29, 0.717) is 17.9 Å². The number of thioether (sulfide) groups is 1. The minimum atomic E-state index is -0.382. The topological polar surface area (TPSA) is 97.0 Å². The number of carbonyl (C=O) groups is 2. The number of anilines is 1. The molecule has 0 aliphatic heterocycles. The van der Waals surface area contributed by atoms with E-state index in [0.717, 1.165) is 22.0 Å². The van der Waals surface area contributed by atoms with Gasteiger partial charge in [-0.05, 0) is 48.4 Å². The molecule has 0 radical (unpaired) electrons. The van der Waals surface area contributed by atoms with Crippen molar-refractivity contribution in [3.8, 4) is 0 Å². The van der Waals surface area contributed by atoms with Gasteiger partial charge in [0.15, 0.2) is 5.16 Å². The van der Waals surface area contributed by atoms with Gasteiger partial charge in [0.1, 0.15) is 6.33 Å². The Morgan fingerprint density at radius 2 is 1.90 bits per heavy atom. The summed E-state index contributed by atoms with van der Waals surface area (Å²) in [6.45, 7) is 2.10. The minimum absolute atomic E-state index is 0.186. The van der Waals surface area contributed by atoms with E-state index in [9.17, 15) is 9.59 Å². The highest BCUT2D eigenvalue weighted by Crippen LogP contribution is 2.19. The highest BCUT2D eigenvalue weighted by atomic mass is 32.2. The Morgan fingerprint density at radius 1 is 1.14 bits per heavy atom. The van der Waals surface area contributed by atoms with Crippen molar-refractivity contribution in [3.63, 3.8) is 0 Å². The maximum Gasteiger partial charge on any atom is 0.330 e. The summed E-state index contributed by atoms with van der Waals surface area (Å²) in [4.78, 5) is 27.8. The van der Waals surface area contributed by atoms with Crippen LogP contribution in [0.5, 0.6) is 0 Å². The second-order valence-electron chi connectivity index (χ2n) is 5.94. The van der Waals surface area contributed by atoms with E-state index in [1.165, 1.54) is 12.4 Å². The average Bonchev–Trinajstić information content (AvgIpc) is 3.26. The first-order chi connectivity index (χ1) is 14.1. The number of H-pyrrole nitrogens is 1. The number of esters is 1. The fourth-order valence-corrected chi connectivity index (χ4v) is 3.14. The molecule has 1 aromatic heterocycles. The molecular weight excluding hydrogens is 388 g/mol. The second kappa shape index (κ2) is 10.2. The Bertz CT molecular complexity index is 968. The molecule has 1 heterocycles. The van der Waals surface area contributed by atoms with Crippen LogP contribution in [-0.4, -0.2) is 33.7 Å². The molecule has 0 atom stereocenters. The van der Waals surface area contributed by atoms with Gasteiger partial charge in [0.25, 0.3) is 5.91 Å². The van der Waals surface area contributed by atoms with E-state index in [-0.39, 0.29) is 11.9 Å². The molecule has 7 nitrogen and oxygen atoms in total. The highest BCUT2D eigenvalue weighted by Gasteiger charge is 2.07. The number of ether oxygens (including phenoxy) is 1. The Morgan fingerprint density at radius 3 is 2.55 bits per heavy atom. The Hall–Kier alpha value is -3.39. The van der Waals surface area contributed by atoms with Crippen LogP contribution < -0.4 is 5.32 Å². The van der Waals surface area contributed by atoms with Gasteiger partial charge in [0.05, 0.1) is 6.61 Å². The van der Waals surface area contributed by atoms with Crippen molar-refractivity contribution in [1.29, 1.82) is 0 Å². The number of aromatic amines is 1. The summed E-state index contributed by atoms with van der Waals surface area (Å²) < 4.78 is 4.84. The van der Waals surface area contributed by atoms with Crippen molar-refractivity contribution in [1.82, 2.24) is 15.2 Å². The number of benzene rings is 2. The summed E-state index contributed by atoms with van der Waals surface area (Å²) in [6.07, 6.45) is 4.51. The van der Waals surface area contributed by atoms with Gasteiger partial charge in [-0.15, -0.1) is 0 Å². The lowest BCUT2D eigenvalue weighted by Crippen LogP contribution is -2.11. The van der Waals surface area contributed by atoms with Crippen LogP contribution in [0, 0.1) is 0 Å². The van der Waals surface area contributed by atoms with E-state index in [1.807, 2.05) is 24.3 Å². The first kappa shape index (κ1) is 20.3. The van der Waals surface area contributed by atoms with Crippen molar-refractivity contribution in [2.24, 2.45) is 0 Å². The molecule has 0 aliphatic rings. The van der Waals surface area contributed by atoms with E-state index >= 15 is 0 Å². The summed E-state index contributed by atoms with van der Waals surface area (Å²) >= 11 is 1.54. The predicted molar refractivity (Wildman–Crippen MR) is 112 cm³/mol. The maximum atomic E-state index is 12.4. The van der Waals surface area contributed by atoms with Crippen LogP contribution in [0.3, 0.4) is 0 Å². The molecule has 8 heteroatoms. The van der Waals surface area contributed by atoms with E-state index in [2.05, 4.69) is 20.5 Å². The standard InChI is InChI=1S/C21H20N4O3S/c1-2-28-19(26)12-7-15-5-10-18(11-6-15)24-20(27)17-8-3-16(4-9-17)13-29-21-22-14-23-25-21/h3-12,14H,2,13H2,1H3,(H,24,27)(H,22,23,25)/b12-7+. The number of hydrogen-bond acceptors (Lipinski definition) is 6. The molecule has 3 aromatic rings. The highest BCUT2D eigenvalue weighted by molar-refractivity contribution is 7.98. The number of amides is 1. The van der Waals surface area contributed by atoms with E-state index in [4.69, 9.17) is 4.74 Å². The van der Waals surface area contributed by atoms with Gasteiger partial charge in [-0.3, -0.25) is 9.89 Å². The van der Waals surface area contributed by atoms with Gasteiger partial charge in [-0.25, -0.2) is 9.78 Å². The van der Waals surface area contributed by atoms with E-state index in [1.54, 1.807) is 49.0 Å². The van der Waals surface area contributed by atoms with Crippen molar-refractivity contribution in [2.45, 2.75) is 17.8 Å². The first-order valence-corrected chi connectivity index (χ1v) is 9.96. The third-order valence-electron chi connectivity index (χ3n) is 3.85. The molecule has 2 N–H and O–H groups in total. The largest absolute Gasteiger partial charge is 0.463 e. The van der Waals surface area contributed by atoms with Gasteiger partial charge in [0, 0.05) is 23.1 Å². The molecule has 148 valence electrons. The average molecular weight is 408 g/mol. The number of aromatic nitrogens is 3. The van der Waals surface area contributed by atoms with Crippen molar-refractivity contribution in [2.75, 3.05) is 11.9 Å². The lowest BCUT2D eigenvalue weighted by molar-refractivity contribution is -0.137. The van der Waals surface area contributed by atoms with Crippen LogP contribution in [0.25, 0.3) is 6.08 Å². The third kappa shape index (κ3) is 6.32. The Labute approximate surface area is 172 Å². The van der Waals surface area contributed by atoms with E-state index < -0.39 is 0 Å². The molecule has 2 aromatic carbocycles. The van der Waals surface area contributed by atoms with Gasteiger partial charge in [-0.1, -0.05) is 36.0 Å². The molecule has 0 fully saturated rings. The van der Waals surface area contributed by atoms with Crippen LogP contribution in [0.2, 0.25) is 0 Å². The zero-order valence-electron chi connectivity index (χ0n) is 15.8. The van der Waals surface area contributed by atoms with Gasteiger partial charge < -0.3 is 10.1 Å². The molecule has 29 heavy (non-hydrogen) atoms. The van der Waals surface area contributed by atoms with Gasteiger partial charge in [0.2, 0.25) is 0 Å². The molecule has 0 aliphatic carbocycles. The number of nitrogens with zero attached hydrogens (tertiary/aromatic N) is 2. The fourth-order valence-electron chi connectivity index (χ4n) is 2.40. The van der Waals surface area contributed by atoms with Crippen molar-refractivity contribution >= 4 is 35.4 Å².